The van der Waals surface area contributed by atoms with Crippen LogP contribution in [0.3, 0.4) is 0 Å². The van der Waals surface area contributed by atoms with Crippen LogP contribution in [-0.4, -0.2) is 33.5 Å². The van der Waals surface area contributed by atoms with E-state index in [1.54, 1.807) is 0 Å². The lowest BCUT2D eigenvalue weighted by atomic mass is 9.96. The summed E-state index contributed by atoms with van der Waals surface area (Å²) in [5, 5.41) is 3.20. The average Bonchev–Trinajstić information content (AvgIpc) is 2.85. The molecule has 1 saturated carbocycles. The van der Waals surface area contributed by atoms with Crippen molar-refractivity contribution in [2.45, 2.75) is 19.3 Å². The van der Waals surface area contributed by atoms with E-state index < -0.39 is 9.84 Å². The second-order valence-corrected chi connectivity index (χ2v) is 7.01. The van der Waals surface area contributed by atoms with Crippen molar-refractivity contribution in [3.8, 4) is 0 Å². The van der Waals surface area contributed by atoms with Gasteiger partial charge in [-0.25, -0.2) is 8.42 Å². The average molecular weight is 217 g/mol. The third-order valence-corrected chi connectivity index (χ3v) is 5.36. The molecule has 0 bridgehead atoms. The van der Waals surface area contributed by atoms with Crippen LogP contribution in [0, 0.1) is 17.8 Å². The van der Waals surface area contributed by atoms with Gasteiger partial charge in [-0.1, -0.05) is 0 Å². The predicted octanol–water partition coefficient (Wildman–Crippen LogP) is 0.667. The van der Waals surface area contributed by atoms with Gasteiger partial charge in [-0.2, -0.15) is 0 Å². The van der Waals surface area contributed by atoms with Crippen molar-refractivity contribution in [3.63, 3.8) is 0 Å². The van der Waals surface area contributed by atoms with Crippen LogP contribution >= 0.6 is 0 Å². The molecule has 2 fully saturated rings. The van der Waals surface area contributed by atoms with Crippen LogP contribution in [-0.2, 0) is 9.84 Å². The minimum atomic E-state index is -2.67. The normalized spacial score (nSPS) is 36.9. The van der Waals surface area contributed by atoms with Gasteiger partial charge in [0.1, 0.15) is 9.84 Å². The molecule has 0 amide bonds. The number of hydrogen-bond donors (Lipinski definition) is 1. The molecule has 2 aliphatic rings. The predicted molar refractivity (Wildman–Crippen MR) is 56.9 cm³/mol. The summed E-state index contributed by atoms with van der Waals surface area (Å²) in [5.74, 6) is 3.20. The summed E-state index contributed by atoms with van der Waals surface area (Å²) in [7, 11) is -0.680. The van der Waals surface area contributed by atoms with Gasteiger partial charge in [-0.3, -0.25) is 0 Å². The lowest BCUT2D eigenvalue weighted by Gasteiger charge is -2.21. The fourth-order valence-electron chi connectivity index (χ4n) is 2.68. The maximum atomic E-state index is 11.2. The van der Waals surface area contributed by atoms with Gasteiger partial charge in [0.25, 0.3) is 0 Å². The summed E-state index contributed by atoms with van der Waals surface area (Å²) < 4.78 is 22.5. The lowest BCUT2D eigenvalue weighted by molar-refractivity contribution is 0.392. The Morgan fingerprint density at radius 3 is 2.50 bits per heavy atom. The van der Waals surface area contributed by atoms with Gasteiger partial charge in [0.2, 0.25) is 0 Å². The van der Waals surface area contributed by atoms with Crippen molar-refractivity contribution in [2.75, 3.05) is 25.1 Å². The Morgan fingerprint density at radius 1 is 1.29 bits per heavy atom. The Hall–Kier alpha value is -0.0900. The van der Waals surface area contributed by atoms with Gasteiger partial charge in [0.15, 0.2) is 0 Å². The van der Waals surface area contributed by atoms with Crippen LogP contribution in [0.15, 0.2) is 0 Å². The van der Waals surface area contributed by atoms with Gasteiger partial charge >= 0.3 is 0 Å². The first-order valence-corrected chi connectivity index (χ1v) is 7.29. The summed E-state index contributed by atoms with van der Waals surface area (Å²) in [6, 6.07) is 0. The van der Waals surface area contributed by atoms with E-state index in [0.29, 0.717) is 17.4 Å². The fraction of sp³-hybridized carbons (Fsp3) is 1.00. The molecular formula is C10H19NO2S. The Morgan fingerprint density at radius 2 is 1.93 bits per heavy atom. The largest absolute Gasteiger partial charge is 0.319 e. The van der Waals surface area contributed by atoms with Gasteiger partial charge < -0.3 is 5.32 Å². The highest BCUT2D eigenvalue weighted by atomic mass is 32.2. The molecule has 1 aliphatic carbocycles. The van der Waals surface area contributed by atoms with E-state index in [2.05, 4.69) is 5.32 Å². The van der Waals surface area contributed by atoms with Crippen LogP contribution in [0.1, 0.15) is 19.3 Å². The second kappa shape index (κ2) is 3.81. The van der Waals surface area contributed by atoms with Crippen LogP contribution in [0.2, 0.25) is 0 Å². The van der Waals surface area contributed by atoms with Crippen molar-refractivity contribution in [2.24, 2.45) is 17.8 Å². The van der Waals surface area contributed by atoms with Crippen molar-refractivity contribution >= 4 is 9.84 Å². The SMILES string of the molecule is CNCC1CC1C1CCS(=O)(=O)CC1. The number of sulfone groups is 1. The lowest BCUT2D eigenvalue weighted by Crippen LogP contribution is -2.25. The molecule has 14 heavy (non-hydrogen) atoms. The molecule has 4 heteroatoms. The maximum absolute atomic E-state index is 11.2. The van der Waals surface area contributed by atoms with Gasteiger partial charge in [0, 0.05) is 0 Å². The van der Waals surface area contributed by atoms with Crippen LogP contribution in [0.5, 0.6) is 0 Å². The molecule has 0 radical (unpaired) electrons. The highest BCUT2D eigenvalue weighted by molar-refractivity contribution is 7.91. The fourth-order valence-corrected chi connectivity index (χ4v) is 4.21. The summed E-state index contributed by atoms with van der Waals surface area (Å²) in [6.07, 6.45) is 3.13. The van der Waals surface area contributed by atoms with Crippen LogP contribution < -0.4 is 5.32 Å². The summed E-state index contributed by atoms with van der Waals surface area (Å²) >= 11 is 0. The van der Waals surface area contributed by atoms with Crippen molar-refractivity contribution in [3.05, 3.63) is 0 Å². The van der Waals surface area contributed by atoms with E-state index in [4.69, 9.17) is 0 Å². The van der Waals surface area contributed by atoms with E-state index in [9.17, 15) is 8.42 Å². The van der Waals surface area contributed by atoms with Crippen molar-refractivity contribution < 1.29 is 8.42 Å². The number of hydrogen-bond acceptors (Lipinski definition) is 3. The van der Waals surface area contributed by atoms with Crippen LogP contribution in [0.4, 0.5) is 0 Å². The highest BCUT2D eigenvalue weighted by Crippen LogP contribution is 2.47. The molecular weight excluding hydrogens is 198 g/mol. The molecule has 82 valence electrons. The quantitative estimate of drug-likeness (QED) is 0.755. The third-order valence-electron chi connectivity index (χ3n) is 3.65. The molecule has 0 aromatic rings. The number of nitrogens with one attached hydrogen (secondary N) is 1. The van der Waals surface area contributed by atoms with E-state index >= 15 is 0 Å². The summed E-state index contributed by atoms with van der Waals surface area (Å²) in [4.78, 5) is 0. The standard InChI is InChI=1S/C10H19NO2S/c1-11-7-9-6-10(9)8-2-4-14(12,13)5-3-8/h8-11H,2-7H2,1H3. The summed E-state index contributed by atoms with van der Waals surface area (Å²) in [5.41, 5.74) is 0. The van der Waals surface area contributed by atoms with Crippen molar-refractivity contribution in [1.29, 1.82) is 0 Å². The van der Waals surface area contributed by atoms with Crippen LogP contribution in [0.25, 0.3) is 0 Å². The monoisotopic (exact) mass is 217 g/mol. The molecule has 0 aromatic carbocycles. The molecule has 1 aliphatic heterocycles. The Kier molecular flexibility index (Phi) is 2.84. The Balaban J connectivity index is 1.80. The highest BCUT2D eigenvalue weighted by Gasteiger charge is 2.43. The molecule has 1 N–H and O–H groups in total. The molecule has 3 nitrogen and oxygen atoms in total. The minimum absolute atomic E-state index is 0.431. The zero-order valence-electron chi connectivity index (χ0n) is 8.70. The van der Waals surface area contributed by atoms with Gasteiger partial charge in [-0.15, -0.1) is 0 Å². The van der Waals surface area contributed by atoms with E-state index in [1.807, 2.05) is 7.05 Å². The van der Waals surface area contributed by atoms with E-state index in [1.165, 1.54) is 6.42 Å². The molecule has 0 spiro atoms. The smallest absolute Gasteiger partial charge is 0.150 e. The van der Waals surface area contributed by atoms with Gasteiger partial charge in [0.05, 0.1) is 11.5 Å². The van der Waals surface area contributed by atoms with Crippen molar-refractivity contribution in [1.82, 2.24) is 5.32 Å². The molecule has 2 atom stereocenters. The molecule has 1 saturated heterocycles. The molecule has 1 heterocycles. The third kappa shape index (κ3) is 2.28. The topological polar surface area (TPSA) is 46.2 Å². The number of rotatable bonds is 3. The zero-order chi connectivity index (χ0) is 10.2. The molecule has 2 rings (SSSR count). The molecule has 0 aromatic heterocycles. The Bertz CT molecular complexity index is 285. The first-order chi connectivity index (χ1) is 6.62. The minimum Gasteiger partial charge on any atom is -0.319 e. The first-order valence-electron chi connectivity index (χ1n) is 5.47. The zero-order valence-corrected chi connectivity index (χ0v) is 9.52. The van der Waals surface area contributed by atoms with Gasteiger partial charge in [-0.05, 0) is 50.6 Å². The summed E-state index contributed by atoms with van der Waals surface area (Å²) in [6.45, 7) is 1.11. The Labute approximate surface area is 86.2 Å². The first kappa shape index (κ1) is 10.4. The van der Waals surface area contributed by atoms with E-state index in [0.717, 1.165) is 31.2 Å². The van der Waals surface area contributed by atoms with E-state index in [-0.39, 0.29) is 0 Å². The maximum Gasteiger partial charge on any atom is 0.150 e. The second-order valence-electron chi connectivity index (χ2n) is 4.71. The molecule has 2 unspecified atom stereocenters.